The average Bonchev–Trinajstić information content (AvgIpc) is 3.05. The molecule has 0 aliphatic rings. The van der Waals surface area contributed by atoms with Gasteiger partial charge in [0.05, 0.1) is 28.4 Å². The molecule has 0 amide bonds. The number of nitriles is 1. The summed E-state index contributed by atoms with van der Waals surface area (Å²) in [5.41, 5.74) is 5.03. The molecular weight excluding hydrogens is 832 g/mol. The predicted octanol–water partition coefficient (Wildman–Crippen LogP) is 10.2. The van der Waals surface area contributed by atoms with Crippen molar-refractivity contribution in [2.75, 3.05) is 28.4 Å². The van der Waals surface area contributed by atoms with Crippen LogP contribution >= 0.6 is 70.8 Å². The van der Waals surface area contributed by atoms with Gasteiger partial charge in [-0.3, -0.25) is 14.3 Å². The van der Waals surface area contributed by atoms with Crippen molar-refractivity contribution < 1.29 is 28.3 Å². The maximum Gasteiger partial charge on any atom is 0.339 e. The van der Waals surface area contributed by atoms with Crippen LogP contribution in [0.5, 0.6) is 23.0 Å². The molecule has 0 bridgehead atoms. The minimum atomic E-state index is -3.22. The molecule has 4 rings (SSSR count). The van der Waals surface area contributed by atoms with Gasteiger partial charge in [0.2, 0.25) is 0 Å². The Morgan fingerprint density at radius 1 is 0.708 bits per heavy atom. The van der Waals surface area contributed by atoms with E-state index >= 15 is 0 Å². The summed E-state index contributed by atoms with van der Waals surface area (Å²) < 4.78 is 32.3. The van der Waals surface area contributed by atoms with E-state index < -0.39 is 5.20 Å². The maximum atomic E-state index is 11.7. The number of benzene rings is 2. The topological polar surface area (TPSA) is 121 Å². The van der Waals surface area contributed by atoms with Crippen LogP contribution in [-0.4, -0.2) is 44.2 Å². The number of carbonyl (C=O) groups is 1. The number of hydrogen-bond donors (Lipinski definition) is 0. The first kappa shape index (κ1) is 41.3. The minimum Gasteiger partial charge on any atom is -0.497 e. The fraction of sp³-hybridized carbons (Fsp3) is 0.273. The fourth-order valence-corrected chi connectivity index (χ4v) is 5.10. The van der Waals surface area contributed by atoms with E-state index in [4.69, 9.17) is 24.2 Å². The van der Waals surface area contributed by atoms with Crippen LogP contribution in [0.25, 0.3) is 0 Å². The van der Waals surface area contributed by atoms with Gasteiger partial charge in [-0.15, -0.1) is 0 Å². The zero-order valence-electron chi connectivity index (χ0n) is 26.7. The molecule has 0 unspecified atom stereocenters. The number of nitrogens with zero attached hydrogens (tertiary/aromatic N) is 3. The Labute approximate surface area is 311 Å². The third-order valence-corrected chi connectivity index (χ3v) is 7.36. The van der Waals surface area contributed by atoms with Gasteiger partial charge in [0.25, 0.3) is 0 Å². The highest BCUT2D eigenvalue weighted by Gasteiger charge is 2.11. The molecule has 4 aromatic rings. The first-order valence-electron chi connectivity index (χ1n) is 14.0. The third kappa shape index (κ3) is 15.1. The molecule has 2 aromatic heterocycles. The summed E-state index contributed by atoms with van der Waals surface area (Å²) >= 11 is 20.6. The number of carbonyl (C=O) groups excluding carboxylic acids is 1. The van der Waals surface area contributed by atoms with Crippen LogP contribution in [0.2, 0.25) is 0 Å². The highest BCUT2D eigenvalue weighted by molar-refractivity contribution is 9.10. The van der Waals surface area contributed by atoms with Gasteiger partial charge in [-0.05, 0) is 150 Å². The Kier molecular flexibility index (Phi) is 17.8. The molecule has 15 heteroatoms. The summed E-state index contributed by atoms with van der Waals surface area (Å²) in [4.78, 5) is 20.0. The minimum absolute atomic E-state index is 0.0225. The standard InChI is InChI=1S/C17H18BrNO3.C16H15BrN2O2.Cl3OP/c1-11(20)17-13(8-14(18)10-19-17)5-4-12-6-15(21-2)9-16(7-12)22-3;1-20-14-5-11(6-15(8-14)21-2)3-4-12-7-13(17)10-19-16(12)9-18;1-5(2,3)4/h6-10H,4-5H2,1-3H3;5-8,10H,3-4H2,1-2H3;. The summed E-state index contributed by atoms with van der Waals surface area (Å²) in [5, 5.41) is 5.88. The predicted molar refractivity (Wildman–Crippen MR) is 198 cm³/mol. The Bertz CT molecular complexity index is 1730. The summed E-state index contributed by atoms with van der Waals surface area (Å²) in [6.07, 6.45) is 6.28. The average molecular weight is 865 g/mol. The normalized spacial score (nSPS) is 10.4. The monoisotopic (exact) mass is 861 g/mol. The second kappa shape index (κ2) is 20.6. The molecule has 256 valence electrons. The van der Waals surface area contributed by atoms with Gasteiger partial charge < -0.3 is 18.9 Å². The van der Waals surface area contributed by atoms with Crippen LogP contribution < -0.4 is 18.9 Å². The van der Waals surface area contributed by atoms with Crippen molar-refractivity contribution in [1.82, 2.24) is 9.97 Å². The molecule has 0 aliphatic heterocycles. The van der Waals surface area contributed by atoms with Gasteiger partial charge >= 0.3 is 5.20 Å². The van der Waals surface area contributed by atoms with Gasteiger partial charge in [-0.25, -0.2) is 4.98 Å². The van der Waals surface area contributed by atoms with Crippen molar-refractivity contribution in [3.8, 4) is 29.1 Å². The first-order chi connectivity index (χ1) is 22.7. The Morgan fingerprint density at radius 2 is 1.08 bits per heavy atom. The lowest BCUT2D eigenvalue weighted by Gasteiger charge is -2.10. The molecule has 9 nitrogen and oxygen atoms in total. The van der Waals surface area contributed by atoms with Crippen molar-refractivity contribution >= 4 is 76.6 Å². The molecule has 0 aliphatic carbocycles. The Hall–Kier alpha value is -2.84. The summed E-state index contributed by atoms with van der Waals surface area (Å²) in [6, 6.07) is 17.6. The van der Waals surface area contributed by atoms with Crippen molar-refractivity contribution in [3.63, 3.8) is 0 Å². The van der Waals surface area contributed by atoms with Crippen LogP contribution in [0.3, 0.4) is 0 Å². The number of pyridine rings is 2. The zero-order valence-corrected chi connectivity index (χ0v) is 33.1. The molecule has 2 heterocycles. The number of hydrogen-bond acceptors (Lipinski definition) is 9. The molecule has 0 radical (unpaired) electrons. The lowest BCUT2D eigenvalue weighted by atomic mass is 10.0. The summed E-state index contributed by atoms with van der Waals surface area (Å²) in [6.45, 7) is 1.54. The highest BCUT2D eigenvalue weighted by Crippen LogP contribution is 2.61. The van der Waals surface area contributed by atoms with Crippen LogP contribution in [0, 0.1) is 11.3 Å². The van der Waals surface area contributed by atoms with E-state index in [9.17, 15) is 9.36 Å². The number of halogens is 5. The number of methoxy groups -OCH3 is 4. The summed E-state index contributed by atoms with van der Waals surface area (Å²) in [7, 11) is 6.52. The van der Waals surface area contributed by atoms with Crippen molar-refractivity contribution in [1.29, 1.82) is 5.26 Å². The molecule has 48 heavy (non-hydrogen) atoms. The molecule has 0 spiro atoms. The fourth-order valence-electron chi connectivity index (χ4n) is 4.34. The summed E-state index contributed by atoms with van der Waals surface area (Å²) in [5.74, 6) is 3.02. The first-order valence-corrected chi connectivity index (χ1v) is 20.0. The van der Waals surface area contributed by atoms with Gasteiger partial charge in [0.15, 0.2) is 5.78 Å². The molecule has 0 atom stereocenters. The van der Waals surface area contributed by atoms with Gasteiger partial charge in [-0.1, -0.05) is 0 Å². The second-order valence-electron chi connectivity index (χ2n) is 9.83. The number of rotatable bonds is 11. The largest absolute Gasteiger partial charge is 0.497 e. The quantitative estimate of drug-likeness (QED) is 0.107. The number of aryl methyl sites for hydroxylation is 4. The van der Waals surface area contributed by atoms with E-state index in [2.05, 4.69) is 81.6 Å². The molecule has 0 fully saturated rings. The molecule has 0 N–H and O–H groups in total. The number of ether oxygens (including phenoxy) is 4. The Balaban J connectivity index is 0.000000293. The van der Waals surface area contributed by atoms with E-state index in [1.807, 2.05) is 48.5 Å². The molecule has 0 saturated heterocycles. The Morgan fingerprint density at radius 3 is 1.46 bits per heavy atom. The SMILES string of the molecule is COc1cc(CCc2cc(Br)cnc2C#N)cc(OC)c1.COc1cc(CCc2cc(Br)cnc2C(C)=O)cc(OC)c1.O=P(Cl)(Cl)Cl. The zero-order chi connectivity index (χ0) is 35.9. The van der Waals surface area contributed by atoms with E-state index in [1.165, 1.54) is 6.92 Å². The molecular formula is C33H33Br2Cl3N3O6P. The van der Waals surface area contributed by atoms with E-state index in [-0.39, 0.29) is 5.78 Å². The third-order valence-electron chi connectivity index (χ3n) is 6.49. The number of aromatic nitrogens is 2. The van der Waals surface area contributed by atoms with Crippen LogP contribution in [0.1, 0.15) is 45.4 Å². The maximum absolute atomic E-state index is 11.7. The van der Waals surface area contributed by atoms with E-state index in [1.54, 1.807) is 40.8 Å². The van der Waals surface area contributed by atoms with Crippen molar-refractivity contribution in [2.45, 2.75) is 32.6 Å². The second-order valence-corrected chi connectivity index (χ2v) is 18.3. The van der Waals surface area contributed by atoms with Crippen LogP contribution in [-0.2, 0) is 30.2 Å². The van der Waals surface area contributed by atoms with E-state index in [0.29, 0.717) is 11.4 Å². The van der Waals surface area contributed by atoms with Crippen LogP contribution in [0.15, 0.2) is 69.9 Å². The number of Topliss-reactive ketones (excluding diaryl/α,β-unsaturated/α-hetero) is 1. The number of ketones is 1. The van der Waals surface area contributed by atoms with Crippen molar-refractivity contribution in [3.05, 3.63) is 104 Å². The smallest absolute Gasteiger partial charge is 0.339 e. The van der Waals surface area contributed by atoms with Crippen LogP contribution in [0.4, 0.5) is 0 Å². The van der Waals surface area contributed by atoms with Crippen molar-refractivity contribution in [2.24, 2.45) is 0 Å². The lowest BCUT2D eigenvalue weighted by molar-refractivity contribution is 0.101. The molecule has 2 aromatic carbocycles. The van der Waals surface area contributed by atoms with Gasteiger partial charge in [0, 0.05) is 40.4 Å². The lowest BCUT2D eigenvalue weighted by Crippen LogP contribution is -2.05. The van der Waals surface area contributed by atoms with Gasteiger partial charge in [0.1, 0.15) is 40.5 Å². The highest BCUT2D eigenvalue weighted by atomic mass is 79.9. The van der Waals surface area contributed by atoms with E-state index in [0.717, 1.165) is 79.9 Å². The van der Waals surface area contributed by atoms with Gasteiger partial charge in [-0.2, -0.15) is 5.26 Å². The molecule has 0 saturated carbocycles.